The molecule has 1 aromatic carbocycles. The Hall–Kier alpha value is -2.25. The number of benzene rings is 1. The summed E-state index contributed by atoms with van der Waals surface area (Å²) in [6.45, 7) is 7.71. The van der Waals surface area contributed by atoms with Gasteiger partial charge in [-0.25, -0.2) is 4.98 Å². The van der Waals surface area contributed by atoms with Crippen LogP contribution in [0.4, 0.5) is 0 Å². The summed E-state index contributed by atoms with van der Waals surface area (Å²) in [7, 11) is 0. The molecule has 6 nitrogen and oxygen atoms in total. The number of rotatable bonds is 4. The molecule has 0 aliphatic carbocycles. The number of likely N-dealkylation sites (tertiary alicyclic amines) is 1. The van der Waals surface area contributed by atoms with Crippen molar-refractivity contribution >= 4 is 33.2 Å². The molecule has 3 heterocycles. The van der Waals surface area contributed by atoms with Crippen molar-refractivity contribution in [3.8, 4) is 0 Å². The molecule has 0 radical (unpaired) electrons. The molecule has 1 N–H and O–H groups in total. The van der Waals surface area contributed by atoms with Gasteiger partial charge in [-0.3, -0.25) is 14.0 Å². The van der Waals surface area contributed by atoms with Gasteiger partial charge in [0.1, 0.15) is 4.88 Å². The topological polar surface area (TPSA) is 66.7 Å². The maximum absolute atomic E-state index is 12.6. The molecule has 0 saturated carbocycles. The summed E-state index contributed by atoms with van der Waals surface area (Å²) in [5, 5.41) is 2.92. The van der Waals surface area contributed by atoms with Crippen molar-refractivity contribution in [1.29, 1.82) is 0 Å². The van der Waals surface area contributed by atoms with Gasteiger partial charge in [-0.2, -0.15) is 0 Å². The first-order valence-corrected chi connectivity index (χ1v) is 9.79. The zero-order chi connectivity index (χ0) is 18.3. The second-order valence-electron chi connectivity index (χ2n) is 6.91. The van der Waals surface area contributed by atoms with E-state index < -0.39 is 0 Å². The number of aromatic nitrogens is 2. The van der Waals surface area contributed by atoms with E-state index in [1.807, 2.05) is 26.0 Å². The molecule has 4 rings (SSSR count). The van der Waals surface area contributed by atoms with Crippen molar-refractivity contribution < 1.29 is 4.79 Å². The highest BCUT2D eigenvalue weighted by molar-refractivity contribution is 7.18. The van der Waals surface area contributed by atoms with Crippen molar-refractivity contribution in [3.63, 3.8) is 0 Å². The van der Waals surface area contributed by atoms with Gasteiger partial charge in [-0.1, -0.05) is 11.3 Å². The highest BCUT2D eigenvalue weighted by Crippen LogP contribution is 2.22. The van der Waals surface area contributed by atoms with E-state index >= 15 is 0 Å². The quantitative estimate of drug-likeness (QED) is 0.766. The third-order valence-corrected chi connectivity index (χ3v) is 6.03. The summed E-state index contributed by atoms with van der Waals surface area (Å²) in [6, 6.07) is 5.38. The van der Waals surface area contributed by atoms with Crippen LogP contribution in [0.15, 0.2) is 23.0 Å². The first-order chi connectivity index (χ1) is 12.5. The van der Waals surface area contributed by atoms with Crippen LogP contribution in [0.5, 0.6) is 0 Å². The van der Waals surface area contributed by atoms with Crippen molar-refractivity contribution in [1.82, 2.24) is 19.6 Å². The first kappa shape index (κ1) is 17.2. The van der Waals surface area contributed by atoms with Crippen molar-refractivity contribution in [2.24, 2.45) is 0 Å². The van der Waals surface area contributed by atoms with Crippen LogP contribution in [0.1, 0.15) is 33.6 Å². The summed E-state index contributed by atoms with van der Waals surface area (Å²) < 4.78 is 1.59. The lowest BCUT2D eigenvalue weighted by Crippen LogP contribution is -2.33. The highest BCUT2D eigenvalue weighted by Gasteiger charge is 2.16. The average molecular weight is 370 g/mol. The second kappa shape index (κ2) is 6.81. The number of hydrogen-bond acceptors (Lipinski definition) is 5. The summed E-state index contributed by atoms with van der Waals surface area (Å²) in [6.07, 6.45) is 2.47. The first-order valence-electron chi connectivity index (χ1n) is 8.97. The Kier molecular flexibility index (Phi) is 4.50. The van der Waals surface area contributed by atoms with E-state index in [4.69, 9.17) is 0 Å². The van der Waals surface area contributed by atoms with Crippen LogP contribution < -0.4 is 10.9 Å². The van der Waals surface area contributed by atoms with E-state index in [1.165, 1.54) is 30.2 Å². The molecular weight excluding hydrogens is 348 g/mol. The minimum absolute atomic E-state index is 0.201. The van der Waals surface area contributed by atoms with Gasteiger partial charge < -0.3 is 10.2 Å². The van der Waals surface area contributed by atoms with Crippen LogP contribution in [0.25, 0.3) is 16.0 Å². The van der Waals surface area contributed by atoms with Gasteiger partial charge in [0.15, 0.2) is 4.96 Å². The molecule has 1 aliphatic rings. The average Bonchev–Trinajstić information content (AvgIpc) is 3.23. The van der Waals surface area contributed by atoms with Crippen LogP contribution in [0.3, 0.4) is 0 Å². The number of nitrogens with zero attached hydrogens (tertiary/aromatic N) is 3. The molecule has 1 amide bonds. The van der Waals surface area contributed by atoms with Crippen LogP contribution in [-0.4, -0.2) is 46.4 Å². The summed E-state index contributed by atoms with van der Waals surface area (Å²) >= 11 is 1.26. The van der Waals surface area contributed by atoms with Crippen LogP contribution >= 0.6 is 11.3 Å². The number of fused-ring (bicyclic) bond motifs is 3. The minimum atomic E-state index is -0.214. The molecule has 26 heavy (non-hydrogen) atoms. The van der Waals surface area contributed by atoms with Gasteiger partial charge in [0.25, 0.3) is 11.5 Å². The fraction of sp³-hybridized carbons (Fsp3) is 0.421. The number of amides is 1. The number of nitrogens with one attached hydrogen (secondary N) is 1. The molecule has 1 fully saturated rings. The molecule has 1 saturated heterocycles. The molecule has 136 valence electrons. The molecule has 0 unspecified atom stereocenters. The Balaban J connectivity index is 1.61. The lowest BCUT2D eigenvalue weighted by Gasteiger charge is -2.14. The van der Waals surface area contributed by atoms with Gasteiger partial charge >= 0.3 is 0 Å². The van der Waals surface area contributed by atoms with E-state index in [9.17, 15) is 9.59 Å². The Morgan fingerprint density at radius 2 is 1.92 bits per heavy atom. The minimum Gasteiger partial charge on any atom is -0.350 e. The molecule has 1 aliphatic heterocycles. The Morgan fingerprint density at radius 1 is 1.19 bits per heavy atom. The third-order valence-electron chi connectivity index (χ3n) is 5.05. The van der Waals surface area contributed by atoms with Crippen molar-refractivity contribution in [2.45, 2.75) is 26.7 Å². The zero-order valence-electron chi connectivity index (χ0n) is 15.0. The van der Waals surface area contributed by atoms with Crippen molar-refractivity contribution in [3.05, 3.63) is 44.6 Å². The van der Waals surface area contributed by atoms with Gasteiger partial charge in [-0.15, -0.1) is 0 Å². The Bertz CT molecular complexity index is 1050. The summed E-state index contributed by atoms with van der Waals surface area (Å²) in [5.41, 5.74) is 3.62. The summed E-state index contributed by atoms with van der Waals surface area (Å²) in [5.74, 6) is -0.201. The van der Waals surface area contributed by atoms with Gasteiger partial charge in [0.05, 0.1) is 11.0 Å². The van der Waals surface area contributed by atoms with Crippen LogP contribution in [0.2, 0.25) is 0 Å². The number of aryl methyl sites for hydroxylation is 2. The predicted octanol–water partition coefficient (Wildman–Crippen LogP) is 2.35. The van der Waals surface area contributed by atoms with E-state index in [0.717, 1.165) is 41.8 Å². The predicted molar refractivity (Wildman–Crippen MR) is 104 cm³/mol. The van der Waals surface area contributed by atoms with E-state index in [0.29, 0.717) is 16.4 Å². The largest absolute Gasteiger partial charge is 0.350 e. The lowest BCUT2D eigenvalue weighted by atomic mass is 10.1. The van der Waals surface area contributed by atoms with Crippen molar-refractivity contribution in [2.75, 3.05) is 26.2 Å². The Labute approximate surface area is 155 Å². The zero-order valence-corrected chi connectivity index (χ0v) is 15.9. The number of carbonyl (C=O) groups is 1. The highest BCUT2D eigenvalue weighted by atomic mass is 32.1. The standard InChI is InChI=1S/C19H22N4O2S/c1-12-9-14-15(10-13(12)2)23-17(24)11-16(26-19(23)21-14)18(25)20-5-8-22-6-3-4-7-22/h9-11H,3-8H2,1-2H3,(H,20,25). The fourth-order valence-corrected chi connectivity index (χ4v) is 4.37. The van der Waals surface area contributed by atoms with Gasteiger partial charge in [-0.05, 0) is 63.0 Å². The SMILES string of the molecule is Cc1cc2nc3sc(C(=O)NCCN4CCCC4)cc(=O)n3c2cc1C. The lowest BCUT2D eigenvalue weighted by molar-refractivity contribution is 0.0953. The smallest absolute Gasteiger partial charge is 0.261 e. The molecule has 0 bridgehead atoms. The van der Waals surface area contributed by atoms with E-state index in [1.54, 1.807) is 4.40 Å². The normalized spacial score (nSPS) is 15.2. The molecule has 7 heteroatoms. The number of carbonyl (C=O) groups excluding carboxylic acids is 1. The Morgan fingerprint density at radius 3 is 2.69 bits per heavy atom. The maximum atomic E-state index is 12.6. The van der Waals surface area contributed by atoms with E-state index in [2.05, 4.69) is 15.2 Å². The molecule has 0 atom stereocenters. The monoisotopic (exact) mass is 370 g/mol. The second-order valence-corrected chi connectivity index (χ2v) is 7.92. The third kappa shape index (κ3) is 3.12. The molecule has 3 aromatic rings. The van der Waals surface area contributed by atoms with E-state index in [-0.39, 0.29) is 11.5 Å². The molecule has 0 spiro atoms. The van der Waals surface area contributed by atoms with Crippen LogP contribution in [0, 0.1) is 13.8 Å². The molecular formula is C19H22N4O2S. The number of imidazole rings is 1. The van der Waals surface area contributed by atoms with Gasteiger partial charge in [0, 0.05) is 19.2 Å². The van der Waals surface area contributed by atoms with Crippen LogP contribution in [-0.2, 0) is 0 Å². The number of hydrogen-bond donors (Lipinski definition) is 1. The molecule has 2 aromatic heterocycles. The maximum Gasteiger partial charge on any atom is 0.261 e. The summed E-state index contributed by atoms with van der Waals surface area (Å²) in [4.78, 5) is 32.9. The fourth-order valence-electron chi connectivity index (χ4n) is 3.43. The van der Waals surface area contributed by atoms with Gasteiger partial charge in [0.2, 0.25) is 0 Å².